The first-order valence-corrected chi connectivity index (χ1v) is 14.0. The lowest BCUT2D eigenvalue weighted by Crippen LogP contribution is -2.40. The fraction of sp³-hybridized carbons (Fsp3) is 0.484. The van der Waals surface area contributed by atoms with Crippen molar-refractivity contribution in [2.45, 2.75) is 44.8 Å². The van der Waals surface area contributed by atoms with E-state index in [4.69, 9.17) is 23.9 Å². The van der Waals surface area contributed by atoms with Crippen LogP contribution < -0.4 is 14.4 Å². The van der Waals surface area contributed by atoms with E-state index in [9.17, 15) is 4.79 Å². The number of anilines is 1. The molecule has 0 bridgehead atoms. The molecule has 1 aromatic heterocycles. The van der Waals surface area contributed by atoms with Crippen LogP contribution in [0.3, 0.4) is 0 Å². The number of carbonyl (C=O) groups excluding carboxylic acids is 1. The maximum absolute atomic E-state index is 14.1. The van der Waals surface area contributed by atoms with Crippen LogP contribution in [0.4, 0.5) is 5.82 Å². The second-order valence-electron chi connectivity index (χ2n) is 10.7. The maximum atomic E-state index is 14.1. The van der Waals surface area contributed by atoms with Crippen molar-refractivity contribution in [3.63, 3.8) is 0 Å². The topological polar surface area (TPSA) is 73.4 Å². The number of pyridine rings is 1. The third-order valence-corrected chi connectivity index (χ3v) is 8.09. The van der Waals surface area contributed by atoms with Crippen LogP contribution in [-0.4, -0.2) is 75.6 Å². The van der Waals surface area contributed by atoms with Gasteiger partial charge in [0.05, 0.1) is 39.1 Å². The van der Waals surface area contributed by atoms with Gasteiger partial charge >= 0.3 is 0 Å². The number of nitrogens with zero attached hydrogens (tertiary/aromatic N) is 3. The summed E-state index contributed by atoms with van der Waals surface area (Å²) in [6.07, 6.45) is 5.42. The Morgan fingerprint density at radius 1 is 0.974 bits per heavy atom. The van der Waals surface area contributed by atoms with E-state index in [0.717, 1.165) is 67.7 Å². The van der Waals surface area contributed by atoms with Crippen LogP contribution in [-0.2, 0) is 28.9 Å². The summed E-state index contributed by atoms with van der Waals surface area (Å²) in [7, 11) is 3.19. The molecule has 8 heteroatoms. The summed E-state index contributed by atoms with van der Waals surface area (Å²) in [6, 6.07) is 12.1. The number of aromatic nitrogens is 1. The number of morpholine rings is 1. The zero-order valence-electron chi connectivity index (χ0n) is 22.9. The molecule has 0 N–H and O–H groups in total. The number of fused-ring (bicyclic) bond motifs is 2. The van der Waals surface area contributed by atoms with Crippen LogP contribution in [0, 0.1) is 0 Å². The molecule has 206 valence electrons. The Morgan fingerprint density at radius 3 is 2.41 bits per heavy atom. The van der Waals surface area contributed by atoms with Crippen LogP contribution in [0.5, 0.6) is 11.5 Å². The molecule has 1 amide bonds. The summed E-state index contributed by atoms with van der Waals surface area (Å²) in [5.41, 5.74) is 5.44. The summed E-state index contributed by atoms with van der Waals surface area (Å²) in [6.45, 7) is 4.60. The first kappa shape index (κ1) is 25.9. The van der Waals surface area contributed by atoms with Gasteiger partial charge in [-0.3, -0.25) is 4.79 Å². The molecule has 1 aliphatic carbocycles. The molecule has 2 fully saturated rings. The smallest absolute Gasteiger partial charge is 0.254 e. The molecule has 8 nitrogen and oxygen atoms in total. The highest BCUT2D eigenvalue weighted by Crippen LogP contribution is 2.32. The fourth-order valence-corrected chi connectivity index (χ4v) is 6.02. The minimum atomic E-state index is -0.0790. The first-order chi connectivity index (χ1) is 19.1. The number of amides is 1. The molecular weight excluding hydrogens is 494 g/mol. The monoisotopic (exact) mass is 531 g/mol. The average molecular weight is 532 g/mol. The predicted octanol–water partition coefficient (Wildman–Crippen LogP) is 4.40. The van der Waals surface area contributed by atoms with Crippen LogP contribution in [0.15, 0.2) is 36.4 Å². The van der Waals surface area contributed by atoms with E-state index < -0.39 is 0 Å². The number of benzene rings is 2. The molecule has 1 unspecified atom stereocenters. The van der Waals surface area contributed by atoms with Gasteiger partial charge in [0, 0.05) is 55.4 Å². The molecule has 3 aromatic rings. The molecule has 2 aliphatic heterocycles. The first-order valence-electron chi connectivity index (χ1n) is 14.0. The fourth-order valence-electron chi connectivity index (χ4n) is 6.02. The van der Waals surface area contributed by atoms with Gasteiger partial charge in [-0.15, -0.1) is 0 Å². The number of methoxy groups -OCH3 is 2. The molecule has 2 aromatic carbocycles. The van der Waals surface area contributed by atoms with Crippen LogP contribution in [0.1, 0.15) is 46.3 Å². The Hall–Kier alpha value is -3.36. The van der Waals surface area contributed by atoms with Gasteiger partial charge in [-0.1, -0.05) is 0 Å². The van der Waals surface area contributed by atoms with Crippen molar-refractivity contribution < 1.29 is 23.7 Å². The molecule has 6 rings (SSSR count). The van der Waals surface area contributed by atoms with Crippen LogP contribution in [0.25, 0.3) is 10.9 Å². The van der Waals surface area contributed by atoms with Gasteiger partial charge < -0.3 is 28.7 Å². The van der Waals surface area contributed by atoms with Gasteiger partial charge in [-0.05, 0) is 73.6 Å². The number of hydrogen-bond acceptors (Lipinski definition) is 7. The highest BCUT2D eigenvalue weighted by atomic mass is 16.5. The molecule has 0 spiro atoms. The molecule has 0 radical (unpaired) electrons. The van der Waals surface area contributed by atoms with Gasteiger partial charge in [-0.2, -0.15) is 0 Å². The molecule has 3 heterocycles. The minimum absolute atomic E-state index is 0.0185. The summed E-state index contributed by atoms with van der Waals surface area (Å²) >= 11 is 0. The van der Waals surface area contributed by atoms with Crippen molar-refractivity contribution in [1.82, 2.24) is 9.88 Å². The highest BCUT2D eigenvalue weighted by molar-refractivity contribution is 5.95. The van der Waals surface area contributed by atoms with Crippen molar-refractivity contribution in [2.24, 2.45) is 0 Å². The lowest BCUT2D eigenvalue weighted by atomic mass is 10.0. The van der Waals surface area contributed by atoms with E-state index in [1.807, 2.05) is 4.90 Å². The van der Waals surface area contributed by atoms with Gasteiger partial charge in [0.15, 0.2) is 0 Å². The third-order valence-electron chi connectivity index (χ3n) is 8.09. The van der Waals surface area contributed by atoms with E-state index >= 15 is 0 Å². The number of carbonyl (C=O) groups is 1. The largest absolute Gasteiger partial charge is 0.497 e. The second kappa shape index (κ2) is 11.4. The quantitative estimate of drug-likeness (QED) is 0.427. The van der Waals surface area contributed by atoms with Gasteiger partial charge in [-0.25, -0.2) is 4.98 Å². The maximum Gasteiger partial charge on any atom is 0.254 e. The van der Waals surface area contributed by atoms with Gasteiger partial charge in [0.2, 0.25) is 0 Å². The number of rotatable bonds is 8. The van der Waals surface area contributed by atoms with E-state index in [1.165, 1.54) is 17.5 Å². The van der Waals surface area contributed by atoms with Crippen molar-refractivity contribution >= 4 is 22.6 Å². The second-order valence-corrected chi connectivity index (χ2v) is 10.7. The van der Waals surface area contributed by atoms with E-state index in [0.29, 0.717) is 43.4 Å². The standard InChI is InChI=1S/C31H37N3O5/c1-36-27-15-24(16-28(18-27)37-2)31(35)34(20-26-7-4-10-39-26)19-25-14-23-13-21-5-3-6-22(21)17-29(23)32-30(25)33-8-11-38-12-9-33/h13-18,26H,3-12,19-20H2,1-2H3. The predicted molar refractivity (Wildman–Crippen MR) is 150 cm³/mol. The van der Waals surface area contributed by atoms with Crippen LogP contribution in [0.2, 0.25) is 0 Å². The van der Waals surface area contributed by atoms with Crippen molar-refractivity contribution in [3.8, 4) is 11.5 Å². The summed E-state index contributed by atoms with van der Waals surface area (Å²) in [5, 5.41) is 1.13. The number of aryl methyl sites for hydroxylation is 2. The third kappa shape index (κ3) is 5.54. The lowest BCUT2D eigenvalue weighted by molar-refractivity contribution is 0.0506. The number of ether oxygens (including phenoxy) is 4. The Balaban J connectivity index is 1.40. The van der Waals surface area contributed by atoms with Crippen molar-refractivity contribution in [2.75, 3.05) is 58.6 Å². The molecule has 39 heavy (non-hydrogen) atoms. The Morgan fingerprint density at radius 2 is 1.72 bits per heavy atom. The normalized spacial score (nSPS) is 18.8. The van der Waals surface area contributed by atoms with Crippen molar-refractivity contribution in [3.05, 3.63) is 58.7 Å². The SMILES string of the molecule is COc1cc(OC)cc(C(=O)N(Cc2cc3cc4c(cc3nc2N2CCOCC2)CCC4)CC2CCCO2)c1. The Labute approximate surface area is 229 Å². The molecular formula is C31H37N3O5. The Kier molecular flexibility index (Phi) is 7.57. The minimum Gasteiger partial charge on any atom is -0.497 e. The molecule has 2 saturated heterocycles. The summed E-state index contributed by atoms with van der Waals surface area (Å²) in [4.78, 5) is 23.5. The summed E-state index contributed by atoms with van der Waals surface area (Å²) in [5.74, 6) is 2.04. The van der Waals surface area contributed by atoms with E-state index in [2.05, 4.69) is 23.1 Å². The zero-order chi connectivity index (χ0) is 26.8. The molecule has 1 atom stereocenters. The van der Waals surface area contributed by atoms with E-state index in [-0.39, 0.29) is 12.0 Å². The van der Waals surface area contributed by atoms with Gasteiger partial charge in [0.1, 0.15) is 17.3 Å². The van der Waals surface area contributed by atoms with Gasteiger partial charge in [0.25, 0.3) is 5.91 Å². The summed E-state index contributed by atoms with van der Waals surface area (Å²) < 4.78 is 22.5. The average Bonchev–Trinajstić information content (AvgIpc) is 3.67. The number of hydrogen-bond donors (Lipinski definition) is 0. The Bertz CT molecular complexity index is 1330. The molecule has 0 saturated carbocycles. The lowest BCUT2D eigenvalue weighted by Gasteiger charge is -2.32. The zero-order valence-corrected chi connectivity index (χ0v) is 22.9. The van der Waals surface area contributed by atoms with Crippen LogP contribution >= 0.6 is 0 Å². The highest BCUT2D eigenvalue weighted by Gasteiger charge is 2.27. The van der Waals surface area contributed by atoms with Crippen molar-refractivity contribution in [1.29, 1.82) is 0 Å². The molecule has 3 aliphatic rings. The van der Waals surface area contributed by atoms with E-state index in [1.54, 1.807) is 32.4 Å².